The normalized spacial score (nSPS) is 32.5. The van der Waals surface area contributed by atoms with E-state index >= 15 is 0 Å². The maximum atomic E-state index is 12.6. The second-order valence-corrected chi connectivity index (χ2v) is 6.70. The molecule has 0 unspecified atom stereocenters. The molecule has 1 aromatic carbocycles. The minimum atomic E-state index is -0.370. The molecule has 118 valence electrons. The van der Waals surface area contributed by atoms with Crippen LogP contribution in [0.1, 0.15) is 39.5 Å². The van der Waals surface area contributed by atoms with E-state index < -0.39 is 0 Å². The summed E-state index contributed by atoms with van der Waals surface area (Å²) in [5, 5.41) is 3.47. The molecule has 3 rings (SSSR count). The van der Waals surface area contributed by atoms with Gasteiger partial charge in [-0.1, -0.05) is 44.9 Å². The molecule has 0 aromatic heterocycles. The molecule has 1 saturated carbocycles. The highest BCUT2D eigenvalue weighted by molar-refractivity contribution is 6.22. The number of benzene rings is 1. The highest BCUT2D eigenvalue weighted by Crippen LogP contribution is 2.31. The Morgan fingerprint density at radius 1 is 1.09 bits per heavy atom. The van der Waals surface area contributed by atoms with E-state index in [1.165, 1.54) is 17.7 Å². The van der Waals surface area contributed by atoms with Crippen molar-refractivity contribution in [2.75, 3.05) is 4.90 Å². The van der Waals surface area contributed by atoms with E-state index in [2.05, 4.69) is 19.2 Å². The van der Waals surface area contributed by atoms with Crippen molar-refractivity contribution in [1.29, 1.82) is 0 Å². The van der Waals surface area contributed by atoms with Crippen LogP contribution in [0.5, 0.6) is 0 Å². The fourth-order valence-corrected chi connectivity index (χ4v) is 3.69. The fourth-order valence-electron chi connectivity index (χ4n) is 3.69. The molecule has 4 nitrogen and oxygen atoms in total. The van der Waals surface area contributed by atoms with Gasteiger partial charge in [-0.25, -0.2) is 4.90 Å². The number of carbonyl (C=O) groups is 2. The zero-order valence-corrected chi connectivity index (χ0v) is 13.3. The Morgan fingerprint density at radius 2 is 1.82 bits per heavy atom. The summed E-state index contributed by atoms with van der Waals surface area (Å²) in [6.45, 7) is 4.52. The molecule has 0 bridgehead atoms. The van der Waals surface area contributed by atoms with Gasteiger partial charge in [0.25, 0.3) is 5.91 Å². The fraction of sp³-hybridized carbons (Fsp3) is 0.556. The second kappa shape index (κ2) is 6.21. The van der Waals surface area contributed by atoms with Crippen molar-refractivity contribution < 1.29 is 9.59 Å². The van der Waals surface area contributed by atoms with Crippen LogP contribution in [-0.4, -0.2) is 23.9 Å². The van der Waals surface area contributed by atoms with Crippen molar-refractivity contribution in [3.63, 3.8) is 0 Å². The minimum Gasteiger partial charge on any atom is -0.302 e. The van der Waals surface area contributed by atoms with Gasteiger partial charge in [0.05, 0.1) is 18.2 Å². The van der Waals surface area contributed by atoms with Crippen molar-refractivity contribution in [1.82, 2.24) is 5.32 Å². The van der Waals surface area contributed by atoms with Gasteiger partial charge < -0.3 is 5.32 Å². The summed E-state index contributed by atoms with van der Waals surface area (Å²) in [5.41, 5.74) is 0.673. The van der Waals surface area contributed by atoms with E-state index in [1.807, 2.05) is 30.3 Å². The number of amides is 2. The van der Waals surface area contributed by atoms with E-state index in [0.29, 0.717) is 23.6 Å². The first-order chi connectivity index (χ1) is 10.6. The van der Waals surface area contributed by atoms with E-state index in [9.17, 15) is 9.59 Å². The van der Waals surface area contributed by atoms with Gasteiger partial charge in [-0.3, -0.25) is 9.59 Å². The van der Waals surface area contributed by atoms with Gasteiger partial charge in [0.1, 0.15) is 0 Å². The molecule has 1 aromatic rings. The zero-order chi connectivity index (χ0) is 15.7. The SMILES string of the molecule is C[C@H]1[C@H](C)CCC[C@@H]1N[C@H]1CC(=O)N(c2ccccc2)C1=O. The lowest BCUT2D eigenvalue weighted by Gasteiger charge is -2.36. The van der Waals surface area contributed by atoms with Gasteiger partial charge in [-0.05, 0) is 30.4 Å². The van der Waals surface area contributed by atoms with Crippen LogP contribution in [-0.2, 0) is 9.59 Å². The van der Waals surface area contributed by atoms with Gasteiger partial charge in [-0.15, -0.1) is 0 Å². The first-order valence-corrected chi connectivity index (χ1v) is 8.26. The Bertz CT molecular complexity index is 557. The van der Waals surface area contributed by atoms with Crippen LogP contribution in [0.2, 0.25) is 0 Å². The lowest BCUT2D eigenvalue weighted by molar-refractivity contribution is -0.121. The third kappa shape index (κ3) is 2.80. The monoisotopic (exact) mass is 300 g/mol. The van der Waals surface area contributed by atoms with E-state index in [0.717, 1.165) is 6.42 Å². The number of nitrogens with one attached hydrogen (secondary N) is 1. The largest absolute Gasteiger partial charge is 0.302 e. The smallest absolute Gasteiger partial charge is 0.251 e. The molecule has 0 spiro atoms. The van der Waals surface area contributed by atoms with Crippen molar-refractivity contribution in [3.8, 4) is 0 Å². The molecular formula is C18H24N2O2. The number of hydrogen-bond acceptors (Lipinski definition) is 3. The van der Waals surface area contributed by atoms with Crippen LogP contribution in [0.15, 0.2) is 30.3 Å². The lowest BCUT2D eigenvalue weighted by Crippen LogP contribution is -2.48. The van der Waals surface area contributed by atoms with Crippen molar-refractivity contribution in [2.45, 2.75) is 51.6 Å². The van der Waals surface area contributed by atoms with Gasteiger partial charge in [0, 0.05) is 6.04 Å². The number of anilines is 1. The van der Waals surface area contributed by atoms with Gasteiger partial charge in [0.15, 0.2) is 0 Å². The van der Waals surface area contributed by atoms with Crippen LogP contribution in [0.3, 0.4) is 0 Å². The second-order valence-electron chi connectivity index (χ2n) is 6.70. The van der Waals surface area contributed by atoms with Crippen LogP contribution < -0.4 is 10.2 Å². The first kappa shape index (κ1) is 15.2. The Kier molecular flexibility index (Phi) is 4.30. The Morgan fingerprint density at radius 3 is 2.55 bits per heavy atom. The zero-order valence-electron chi connectivity index (χ0n) is 13.3. The van der Waals surface area contributed by atoms with Crippen LogP contribution in [0.25, 0.3) is 0 Å². The summed E-state index contributed by atoms with van der Waals surface area (Å²) in [6.07, 6.45) is 3.81. The predicted molar refractivity (Wildman–Crippen MR) is 86.4 cm³/mol. The molecular weight excluding hydrogens is 276 g/mol. The summed E-state index contributed by atoms with van der Waals surface area (Å²) in [5.74, 6) is 0.998. The molecule has 2 fully saturated rings. The van der Waals surface area contributed by atoms with E-state index in [4.69, 9.17) is 0 Å². The van der Waals surface area contributed by atoms with Gasteiger partial charge in [0.2, 0.25) is 5.91 Å². The standard InChI is InChI=1S/C18H24N2O2/c1-12-7-6-10-15(13(12)2)19-16-11-17(21)20(18(16)22)14-8-4-3-5-9-14/h3-5,8-9,12-13,15-16,19H,6-7,10-11H2,1-2H3/t12-,13+,15+,16+/m1/s1. The number of para-hydroxylation sites is 1. The number of carbonyl (C=O) groups excluding carboxylic acids is 2. The highest BCUT2D eigenvalue weighted by atomic mass is 16.2. The molecule has 2 aliphatic rings. The van der Waals surface area contributed by atoms with Crippen molar-refractivity contribution in [2.24, 2.45) is 11.8 Å². The summed E-state index contributed by atoms with van der Waals surface area (Å²) >= 11 is 0. The molecule has 1 heterocycles. The summed E-state index contributed by atoms with van der Waals surface area (Å²) in [7, 11) is 0. The summed E-state index contributed by atoms with van der Waals surface area (Å²) in [6, 6.07) is 9.16. The Hall–Kier alpha value is -1.68. The molecule has 0 radical (unpaired) electrons. The quantitative estimate of drug-likeness (QED) is 0.873. The predicted octanol–water partition coefficient (Wildman–Crippen LogP) is 2.73. The lowest BCUT2D eigenvalue weighted by atomic mass is 9.78. The molecule has 22 heavy (non-hydrogen) atoms. The topological polar surface area (TPSA) is 49.4 Å². The molecule has 4 atom stereocenters. The van der Waals surface area contributed by atoms with Crippen LogP contribution in [0.4, 0.5) is 5.69 Å². The van der Waals surface area contributed by atoms with Crippen LogP contribution in [0, 0.1) is 11.8 Å². The number of nitrogens with zero attached hydrogens (tertiary/aromatic N) is 1. The number of hydrogen-bond donors (Lipinski definition) is 1. The third-order valence-corrected chi connectivity index (χ3v) is 5.28. The maximum absolute atomic E-state index is 12.6. The average molecular weight is 300 g/mol. The van der Waals surface area contributed by atoms with E-state index in [-0.39, 0.29) is 24.3 Å². The highest BCUT2D eigenvalue weighted by Gasteiger charge is 2.41. The Labute approximate surface area is 131 Å². The number of rotatable bonds is 3. The van der Waals surface area contributed by atoms with Crippen molar-refractivity contribution in [3.05, 3.63) is 30.3 Å². The van der Waals surface area contributed by atoms with Crippen molar-refractivity contribution >= 4 is 17.5 Å². The molecule has 1 N–H and O–H groups in total. The van der Waals surface area contributed by atoms with E-state index in [1.54, 1.807) is 0 Å². The average Bonchev–Trinajstić information content (AvgIpc) is 2.79. The maximum Gasteiger partial charge on any atom is 0.251 e. The Balaban J connectivity index is 1.72. The molecule has 2 amide bonds. The molecule has 1 saturated heterocycles. The summed E-state index contributed by atoms with van der Waals surface area (Å²) < 4.78 is 0. The van der Waals surface area contributed by atoms with Gasteiger partial charge >= 0.3 is 0 Å². The third-order valence-electron chi connectivity index (χ3n) is 5.28. The summed E-state index contributed by atoms with van der Waals surface area (Å²) in [4.78, 5) is 26.2. The molecule has 1 aliphatic carbocycles. The molecule has 1 aliphatic heterocycles. The van der Waals surface area contributed by atoms with Crippen LogP contribution >= 0.6 is 0 Å². The number of imide groups is 1. The molecule has 4 heteroatoms. The van der Waals surface area contributed by atoms with Gasteiger partial charge in [-0.2, -0.15) is 0 Å². The minimum absolute atomic E-state index is 0.106. The first-order valence-electron chi connectivity index (χ1n) is 8.26.